The van der Waals surface area contributed by atoms with Gasteiger partial charge in [-0.05, 0) is 31.2 Å². The molecule has 1 aromatic heterocycles. The molecule has 0 saturated heterocycles. The second-order valence-corrected chi connectivity index (χ2v) is 5.56. The van der Waals surface area contributed by atoms with Crippen molar-refractivity contribution in [1.82, 2.24) is 0 Å². The fourth-order valence-corrected chi connectivity index (χ4v) is 2.60. The molecule has 3 N–H and O–H groups in total. The van der Waals surface area contributed by atoms with Crippen molar-refractivity contribution in [2.24, 2.45) is 5.73 Å². The first-order valence-corrected chi connectivity index (χ1v) is 6.99. The van der Waals surface area contributed by atoms with E-state index in [1.807, 2.05) is 0 Å². The predicted molar refractivity (Wildman–Crippen MR) is 68.5 cm³/mol. The van der Waals surface area contributed by atoms with Crippen LogP contribution in [0.4, 0.5) is 10.1 Å². The number of sulfonamides is 1. The van der Waals surface area contributed by atoms with E-state index in [0.29, 0.717) is 5.76 Å². The number of furan rings is 1. The molecular formula is C12H13FN2O3S. The maximum Gasteiger partial charge on any atom is 0.295 e. The van der Waals surface area contributed by atoms with Crippen LogP contribution in [0.25, 0.3) is 0 Å². The van der Waals surface area contributed by atoms with E-state index in [0.717, 1.165) is 0 Å². The van der Waals surface area contributed by atoms with Crippen molar-refractivity contribution in [3.8, 4) is 0 Å². The highest BCUT2D eigenvalue weighted by molar-refractivity contribution is 7.92. The summed E-state index contributed by atoms with van der Waals surface area (Å²) in [5, 5.41) is -0.253. The lowest BCUT2D eigenvalue weighted by Crippen LogP contribution is -2.13. The zero-order chi connectivity index (χ0) is 14.0. The minimum Gasteiger partial charge on any atom is -0.446 e. The molecule has 0 aliphatic rings. The summed E-state index contributed by atoms with van der Waals surface area (Å²) < 4.78 is 44.7. The molecule has 0 atom stereocenters. The number of anilines is 1. The predicted octanol–water partition coefficient (Wildman–Crippen LogP) is 1.99. The standard InChI is InChI=1S/C12H13FN2O3S/c1-8-10(13)3-2-4-11(8)15-19(16,17)12-6-5-9(7-14)18-12/h2-6,15H,7,14H2,1H3. The summed E-state index contributed by atoms with van der Waals surface area (Å²) >= 11 is 0. The number of nitrogens with one attached hydrogen (secondary N) is 1. The molecule has 0 unspecified atom stereocenters. The van der Waals surface area contributed by atoms with Gasteiger partial charge in [0.05, 0.1) is 12.2 Å². The van der Waals surface area contributed by atoms with Crippen molar-refractivity contribution in [2.75, 3.05) is 4.72 Å². The molecule has 1 heterocycles. The molecule has 0 aliphatic heterocycles. The van der Waals surface area contributed by atoms with Gasteiger partial charge in [0.15, 0.2) is 0 Å². The van der Waals surface area contributed by atoms with Gasteiger partial charge < -0.3 is 10.2 Å². The Balaban J connectivity index is 2.33. The largest absolute Gasteiger partial charge is 0.446 e. The van der Waals surface area contributed by atoms with Crippen molar-refractivity contribution in [3.63, 3.8) is 0 Å². The molecule has 0 saturated carbocycles. The van der Waals surface area contributed by atoms with Gasteiger partial charge in [-0.15, -0.1) is 0 Å². The first-order chi connectivity index (χ1) is 8.94. The van der Waals surface area contributed by atoms with Crippen LogP contribution in [-0.2, 0) is 16.6 Å². The third kappa shape index (κ3) is 2.77. The smallest absolute Gasteiger partial charge is 0.295 e. The first-order valence-electron chi connectivity index (χ1n) is 5.51. The number of rotatable bonds is 4. The van der Waals surface area contributed by atoms with E-state index in [2.05, 4.69) is 4.72 Å². The fraction of sp³-hybridized carbons (Fsp3) is 0.167. The molecule has 0 amide bonds. The van der Waals surface area contributed by atoms with Gasteiger partial charge in [0, 0.05) is 5.56 Å². The molecule has 7 heteroatoms. The zero-order valence-corrected chi connectivity index (χ0v) is 11.0. The van der Waals surface area contributed by atoms with Crippen LogP contribution in [0.3, 0.4) is 0 Å². The monoisotopic (exact) mass is 284 g/mol. The molecule has 19 heavy (non-hydrogen) atoms. The Labute approximate surface area is 110 Å². The maximum atomic E-state index is 13.3. The highest BCUT2D eigenvalue weighted by Crippen LogP contribution is 2.22. The average Bonchev–Trinajstić information content (AvgIpc) is 2.84. The van der Waals surface area contributed by atoms with E-state index in [1.54, 1.807) is 0 Å². The number of hydrogen-bond donors (Lipinski definition) is 2. The van der Waals surface area contributed by atoms with Crippen LogP contribution < -0.4 is 10.5 Å². The second kappa shape index (κ2) is 5.02. The lowest BCUT2D eigenvalue weighted by Gasteiger charge is -2.09. The van der Waals surface area contributed by atoms with Gasteiger partial charge >= 0.3 is 0 Å². The van der Waals surface area contributed by atoms with Crippen LogP contribution in [0.15, 0.2) is 39.8 Å². The molecule has 5 nitrogen and oxygen atoms in total. The van der Waals surface area contributed by atoms with Crippen LogP contribution in [0.2, 0.25) is 0 Å². The van der Waals surface area contributed by atoms with Crippen molar-refractivity contribution in [3.05, 3.63) is 47.5 Å². The molecule has 2 rings (SSSR count). The molecule has 0 bridgehead atoms. The van der Waals surface area contributed by atoms with Gasteiger partial charge in [0.2, 0.25) is 5.09 Å². The summed E-state index contributed by atoms with van der Waals surface area (Å²) in [6.45, 7) is 1.59. The topological polar surface area (TPSA) is 85.3 Å². The zero-order valence-electron chi connectivity index (χ0n) is 10.2. The van der Waals surface area contributed by atoms with Crippen molar-refractivity contribution in [2.45, 2.75) is 18.6 Å². The quantitative estimate of drug-likeness (QED) is 0.899. The van der Waals surface area contributed by atoms with Gasteiger partial charge in [-0.1, -0.05) is 6.07 Å². The van der Waals surface area contributed by atoms with Crippen LogP contribution in [0.1, 0.15) is 11.3 Å². The van der Waals surface area contributed by atoms with E-state index in [-0.39, 0.29) is 22.9 Å². The normalized spacial score (nSPS) is 11.5. The van der Waals surface area contributed by atoms with E-state index in [9.17, 15) is 12.8 Å². The SMILES string of the molecule is Cc1c(F)cccc1NS(=O)(=O)c1ccc(CN)o1. The third-order valence-electron chi connectivity index (χ3n) is 2.62. The fourth-order valence-electron chi connectivity index (χ4n) is 1.53. The molecule has 0 radical (unpaired) electrons. The Kier molecular flexibility index (Phi) is 3.59. The Bertz CT molecular complexity index is 695. The van der Waals surface area contributed by atoms with E-state index < -0.39 is 15.8 Å². The highest BCUT2D eigenvalue weighted by Gasteiger charge is 2.20. The summed E-state index contributed by atoms with van der Waals surface area (Å²) in [7, 11) is -3.88. The molecule has 0 aliphatic carbocycles. The summed E-state index contributed by atoms with van der Waals surface area (Å²) in [5.74, 6) is -0.126. The Morgan fingerprint density at radius 2 is 2.05 bits per heavy atom. The minimum atomic E-state index is -3.88. The Morgan fingerprint density at radius 3 is 2.68 bits per heavy atom. The second-order valence-electron chi connectivity index (χ2n) is 3.94. The number of nitrogens with two attached hydrogens (primary N) is 1. The van der Waals surface area contributed by atoms with Crippen LogP contribution in [0.5, 0.6) is 0 Å². The van der Waals surface area contributed by atoms with Crippen LogP contribution in [-0.4, -0.2) is 8.42 Å². The van der Waals surface area contributed by atoms with Gasteiger partial charge in [-0.3, -0.25) is 4.72 Å². The lowest BCUT2D eigenvalue weighted by atomic mass is 10.2. The number of benzene rings is 1. The first kappa shape index (κ1) is 13.6. The minimum absolute atomic E-state index is 0.106. The van der Waals surface area contributed by atoms with Gasteiger partial charge in [-0.25, -0.2) is 4.39 Å². The van der Waals surface area contributed by atoms with Gasteiger partial charge in [-0.2, -0.15) is 8.42 Å². The van der Waals surface area contributed by atoms with Crippen molar-refractivity contribution in [1.29, 1.82) is 0 Å². The van der Waals surface area contributed by atoms with E-state index in [4.69, 9.17) is 10.2 Å². The van der Waals surface area contributed by atoms with Gasteiger partial charge in [0.25, 0.3) is 10.0 Å². The van der Waals surface area contributed by atoms with E-state index >= 15 is 0 Å². The highest BCUT2D eigenvalue weighted by atomic mass is 32.2. The Morgan fingerprint density at radius 1 is 1.32 bits per heavy atom. The van der Waals surface area contributed by atoms with Gasteiger partial charge in [0.1, 0.15) is 11.6 Å². The Hall–Kier alpha value is -1.86. The van der Waals surface area contributed by atoms with Crippen LogP contribution >= 0.6 is 0 Å². The van der Waals surface area contributed by atoms with Crippen LogP contribution in [0, 0.1) is 12.7 Å². The maximum absolute atomic E-state index is 13.3. The summed E-state index contributed by atoms with van der Waals surface area (Å²) in [4.78, 5) is 0. The number of halogens is 1. The molecule has 102 valence electrons. The number of hydrogen-bond acceptors (Lipinski definition) is 4. The van der Waals surface area contributed by atoms with Crippen molar-refractivity contribution >= 4 is 15.7 Å². The third-order valence-corrected chi connectivity index (χ3v) is 3.85. The summed E-state index contributed by atoms with van der Waals surface area (Å²) in [6, 6.07) is 6.94. The molecular weight excluding hydrogens is 271 g/mol. The molecule has 0 fully saturated rings. The molecule has 0 spiro atoms. The molecule has 1 aromatic carbocycles. The van der Waals surface area contributed by atoms with Crippen molar-refractivity contribution < 1.29 is 17.2 Å². The molecule has 2 aromatic rings. The summed E-state index contributed by atoms with van der Waals surface area (Å²) in [6.07, 6.45) is 0. The lowest BCUT2D eigenvalue weighted by molar-refractivity contribution is 0.417. The van der Waals surface area contributed by atoms with E-state index in [1.165, 1.54) is 37.3 Å². The average molecular weight is 284 g/mol. The summed E-state index contributed by atoms with van der Waals surface area (Å²) in [5.41, 5.74) is 5.74.